The minimum atomic E-state index is -0.631. The second-order valence-corrected chi connectivity index (χ2v) is 4.06. The Morgan fingerprint density at radius 3 is 2.67 bits per heavy atom. The lowest BCUT2D eigenvalue weighted by molar-refractivity contribution is 0.553. The lowest BCUT2D eigenvalue weighted by Crippen LogP contribution is -2.29. The van der Waals surface area contributed by atoms with Gasteiger partial charge < -0.3 is 0 Å². The van der Waals surface area contributed by atoms with E-state index in [9.17, 15) is 8.78 Å². The van der Waals surface area contributed by atoms with Gasteiger partial charge in [-0.2, -0.15) is 0 Å². The van der Waals surface area contributed by atoms with Crippen LogP contribution in [0.15, 0.2) is 36.7 Å². The summed E-state index contributed by atoms with van der Waals surface area (Å²) in [6.45, 7) is 1.85. The highest BCUT2D eigenvalue weighted by molar-refractivity contribution is 5.33. The molecule has 0 amide bonds. The zero-order valence-electron chi connectivity index (χ0n) is 9.82. The van der Waals surface area contributed by atoms with Gasteiger partial charge in [-0.3, -0.25) is 10.8 Å². The zero-order valence-corrected chi connectivity index (χ0v) is 9.82. The van der Waals surface area contributed by atoms with Crippen molar-refractivity contribution >= 4 is 0 Å². The standard InChI is InChI=1S/C13H13F2N3/c1-8-2-3-12(15)11(4-8)13(18-16)9-5-10(14)7-17-6-9/h2-7,13,18H,16H2,1H3. The second kappa shape index (κ2) is 5.20. The molecule has 1 aromatic heterocycles. The van der Waals surface area contributed by atoms with Gasteiger partial charge in [0.25, 0.3) is 0 Å². The molecule has 0 fully saturated rings. The fourth-order valence-electron chi connectivity index (χ4n) is 1.84. The summed E-state index contributed by atoms with van der Waals surface area (Å²) in [5.74, 6) is 4.56. The molecule has 0 aliphatic rings. The van der Waals surface area contributed by atoms with Gasteiger partial charge in [-0.05, 0) is 24.6 Å². The maximum Gasteiger partial charge on any atom is 0.141 e. The summed E-state index contributed by atoms with van der Waals surface area (Å²) >= 11 is 0. The number of hydrogen-bond donors (Lipinski definition) is 2. The molecule has 3 nitrogen and oxygen atoms in total. The second-order valence-electron chi connectivity index (χ2n) is 4.06. The van der Waals surface area contributed by atoms with E-state index in [2.05, 4.69) is 10.4 Å². The van der Waals surface area contributed by atoms with Gasteiger partial charge in [0.05, 0.1) is 12.2 Å². The maximum atomic E-state index is 13.8. The van der Waals surface area contributed by atoms with Crippen LogP contribution in [0.25, 0.3) is 0 Å². The summed E-state index contributed by atoms with van der Waals surface area (Å²) < 4.78 is 26.9. The lowest BCUT2D eigenvalue weighted by atomic mass is 9.98. The molecule has 2 aromatic rings. The van der Waals surface area contributed by atoms with Crippen molar-refractivity contribution in [2.45, 2.75) is 13.0 Å². The summed E-state index contributed by atoms with van der Waals surface area (Å²) in [6, 6.07) is 5.34. The van der Waals surface area contributed by atoms with Gasteiger partial charge >= 0.3 is 0 Å². The molecule has 1 atom stereocenters. The van der Waals surface area contributed by atoms with Gasteiger partial charge in [0, 0.05) is 11.8 Å². The Bertz CT molecular complexity index is 558. The third kappa shape index (κ3) is 2.52. The number of nitrogens with zero attached hydrogens (tertiary/aromatic N) is 1. The minimum absolute atomic E-state index is 0.366. The van der Waals surface area contributed by atoms with Crippen LogP contribution in [0.4, 0.5) is 8.78 Å². The smallest absolute Gasteiger partial charge is 0.141 e. The van der Waals surface area contributed by atoms with Crippen molar-refractivity contribution in [2.75, 3.05) is 0 Å². The van der Waals surface area contributed by atoms with Gasteiger partial charge in [0.2, 0.25) is 0 Å². The van der Waals surface area contributed by atoms with Crippen LogP contribution in [-0.4, -0.2) is 4.98 Å². The Balaban J connectivity index is 2.48. The van der Waals surface area contributed by atoms with Crippen LogP contribution in [0.2, 0.25) is 0 Å². The van der Waals surface area contributed by atoms with Crippen LogP contribution in [0.1, 0.15) is 22.7 Å². The predicted octanol–water partition coefficient (Wildman–Crippen LogP) is 2.22. The van der Waals surface area contributed by atoms with Gasteiger partial charge in [-0.15, -0.1) is 0 Å². The summed E-state index contributed by atoms with van der Waals surface area (Å²) in [4.78, 5) is 3.74. The molecule has 0 saturated carbocycles. The van der Waals surface area contributed by atoms with E-state index in [0.717, 1.165) is 11.8 Å². The van der Waals surface area contributed by atoms with Gasteiger partial charge in [-0.1, -0.05) is 17.7 Å². The first-order valence-electron chi connectivity index (χ1n) is 5.44. The summed E-state index contributed by atoms with van der Waals surface area (Å²) in [5.41, 5.74) is 4.22. The van der Waals surface area contributed by atoms with E-state index in [1.54, 1.807) is 12.1 Å². The number of nitrogens with two attached hydrogens (primary N) is 1. The van der Waals surface area contributed by atoms with Crippen LogP contribution in [0.3, 0.4) is 0 Å². The molecule has 1 unspecified atom stereocenters. The summed E-state index contributed by atoms with van der Waals surface area (Å²) in [7, 11) is 0. The van der Waals surface area contributed by atoms with Crippen molar-refractivity contribution in [3.63, 3.8) is 0 Å². The molecule has 0 radical (unpaired) electrons. The average Bonchev–Trinajstić information content (AvgIpc) is 2.35. The number of hydrogen-bond acceptors (Lipinski definition) is 3. The van der Waals surface area contributed by atoms with E-state index in [1.165, 1.54) is 18.3 Å². The predicted molar refractivity (Wildman–Crippen MR) is 64.5 cm³/mol. The third-order valence-electron chi connectivity index (χ3n) is 2.69. The Morgan fingerprint density at radius 1 is 1.22 bits per heavy atom. The van der Waals surface area contributed by atoms with Crippen molar-refractivity contribution < 1.29 is 8.78 Å². The van der Waals surface area contributed by atoms with Gasteiger partial charge in [0.15, 0.2) is 0 Å². The third-order valence-corrected chi connectivity index (χ3v) is 2.69. The number of rotatable bonds is 3. The first-order valence-corrected chi connectivity index (χ1v) is 5.44. The van der Waals surface area contributed by atoms with E-state index >= 15 is 0 Å². The molecular weight excluding hydrogens is 236 g/mol. The number of nitrogens with one attached hydrogen (secondary N) is 1. The molecule has 2 rings (SSSR count). The highest BCUT2D eigenvalue weighted by Crippen LogP contribution is 2.24. The molecule has 1 heterocycles. The van der Waals surface area contributed by atoms with E-state index in [-0.39, 0.29) is 0 Å². The van der Waals surface area contributed by atoms with Crippen molar-refractivity contribution in [3.8, 4) is 0 Å². The van der Waals surface area contributed by atoms with Crippen LogP contribution in [-0.2, 0) is 0 Å². The molecule has 0 bridgehead atoms. The summed E-state index contributed by atoms with van der Waals surface area (Å²) in [5, 5.41) is 0. The molecule has 3 N–H and O–H groups in total. The molecular formula is C13H13F2N3. The van der Waals surface area contributed by atoms with Crippen molar-refractivity contribution in [1.29, 1.82) is 0 Å². The molecule has 5 heteroatoms. The van der Waals surface area contributed by atoms with Crippen molar-refractivity contribution in [2.24, 2.45) is 5.84 Å². The highest BCUT2D eigenvalue weighted by Gasteiger charge is 2.17. The summed E-state index contributed by atoms with van der Waals surface area (Å²) in [6.07, 6.45) is 2.54. The molecule has 0 saturated heterocycles. The molecule has 0 aliphatic heterocycles. The van der Waals surface area contributed by atoms with E-state index in [1.807, 2.05) is 6.92 Å². The topological polar surface area (TPSA) is 50.9 Å². The molecule has 0 aliphatic carbocycles. The number of halogens is 2. The van der Waals surface area contributed by atoms with Crippen LogP contribution < -0.4 is 11.3 Å². The number of aromatic nitrogens is 1. The highest BCUT2D eigenvalue weighted by atomic mass is 19.1. The Morgan fingerprint density at radius 2 is 2.00 bits per heavy atom. The van der Waals surface area contributed by atoms with Crippen molar-refractivity contribution in [1.82, 2.24) is 10.4 Å². The maximum absolute atomic E-state index is 13.8. The largest absolute Gasteiger partial charge is 0.271 e. The SMILES string of the molecule is Cc1ccc(F)c(C(NN)c2cncc(F)c2)c1. The molecule has 1 aromatic carbocycles. The normalized spacial score (nSPS) is 12.4. The molecule has 94 valence electrons. The Labute approximate surface area is 104 Å². The fraction of sp³-hybridized carbons (Fsp3) is 0.154. The van der Waals surface area contributed by atoms with Gasteiger partial charge in [0.1, 0.15) is 11.6 Å². The average molecular weight is 249 g/mol. The van der Waals surface area contributed by atoms with E-state index in [4.69, 9.17) is 5.84 Å². The number of benzene rings is 1. The Kier molecular flexibility index (Phi) is 3.64. The zero-order chi connectivity index (χ0) is 13.1. The van der Waals surface area contributed by atoms with Crippen molar-refractivity contribution in [3.05, 3.63) is 65.0 Å². The monoisotopic (exact) mass is 249 g/mol. The first-order chi connectivity index (χ1) is 8.61. The number of aryl methyl sites for hydroxylation is 1. The van der Waals surface area contributed by atoms with Crippen LogP contribution in [0.5, 0.6) is 0 Å². The quantitative estimate of drug-likeness (QED) is 0.647. The fourth-order valence-corrected chi connectivity index (χ4v) is 1.84. The first kappa shape index (κ1) is 12.6. The number of pyridine rings is 1. The number of hydrazine groups is 1. The van der Waals surface area contributed by atoms with E-state index in [0.29, 0.717) is 11.1 Å². The van der Waals surface area contributed by atoms with Gasteiger partial charge in [-0.25, -0.2) is 14.2 Å². The molecule has 18 heavy (non-hydrogen) atoms. The van der Waals surface area contributed by atoms with Crippen LogP contribution >= 0.6 is 0 Å². The Hall–Kier alpha value is -1.85. The van der Waals surface area contributed by atoms with Crippen LogP contribution in [0, 0.1) is 18.6 Å². The molecule has 0 spiro atoms. The van der Waals surface area contributed by atoms with E-state index < -0.39 is 17.7 Å². The minimum Gasteiger partial charge on any atom is -0.271 e. The lowest BCUT2D eigenvalue weighted by Gasteiger charge is -2.17.